The van der Waals surface area contributed by atoms with Gasteiger partial charge in [-0.3, -0.25) is 0 Å². The standard InChI is InChI=1S/C19H20N2O4/c22-18-15(10-12-24-18)25-19(23)16-14-9-5-2-6-11-21(14)17(20-16)13-7-3-1-4-8-13/h1,3-4,7-8,15H,2,5-6,9-12H2/t15-/m1/s1. The van der Waals surface area contributed by atoms with E-state index in [1.54, 1.807) is 0 Å². The lowest BCUT2D eigenvalue weighted by Crippen LogP contribution is -2.23. The molecule has 2 aliphatic rings. The summed E-state index contributed by atoms with van der Waals surface area (Å²) >= 11 is 0. The second-order valence-corrected chi connectivity index (χ2v) is 6.41. The van der Waals surface area contributed by atoms with Crippen LogP contribution in [-0.2, 0) is 27.2 Å². The van der Waals surface area contributed by atoms with Crippen molar-refractivity contribution in [2.75, 3.05) is 6.61 Å². The number of fused-ring (bicyclic) bond motifs is 1. The van der Waals surface area contributed by atoms with Crippen LogP contribution in [0.25, 0.3) is 11.4 Å². The molecule has 130 valence electrons. The number of ether oxygens (including phenoxy) is 2. The Kier molecular flexibility index (Phi) is 4.26. The first kappa shape index (κ1) is 15.9. The lowest BCUT2D eigenvalue weighted by Gasteiger charge is -2.09. The van der Waals surface area contributed by atoms with Gasteiger partial charge in [0.25, 0.3) is 0 Å². The van der Waals surface area contributed by atoms with Gasteiger partial charge in [-0.25, -0.2) is 14.6 Å². The third-order valence-corrected chi connectivity index (χ3v) is 4.73. The van der Waals surface area contributed by atoms with Gasteiger partial charge in [-0.2, -0.15) is 0 Å². The molecule has 6 nitrogen and oxygen atoms in total. The Hall–Kier alpha value is -2.63. The summed E-state index contributed by atoms with van der Waals surface area (Å²) in [7, 11) is 0. The highest BCUT2D eigenvalue weighted by Gasteiger charge is 2.33. The van der Waals surface area contributed by atoms with Gasteiger partial charge in [0.15, 0.2) is 5.69 Å². The van der Waals surface area contributed by atoms with Gasteiger partial charge in [-0.05, 0) is 19.3 Å². The van der Waals surface area contributed by atoms with Gasteiger partial charge in [-0.15, -0.1) is 0 Å². The van der Waals surface area contributed by atoms with E-state index in [0.717, 1.165) is 49.3 Å². The molecule has 0 unspecified atom stereocenters. The summed E-state index contributed by atoms with van der Waals surface area (Å²) in [5.41, 5.74) is 2.22. The van der Waals surface area contributed by atoms with Gasteiger partial charge in [-0.1, -0.05) is 36.8 Å². The second-order valence-electron chi connectivity index (χ2n) is 6.41. The number of aromatic nitrogens is 2. The Morgan fingerprint density at radius 1 is 1.20 bits per heavy atom. The van der Waals surface area contributed by atoms with Crippen molar-refractivity contribution in [1.29, 1.82) is 0 Å². The third-order valence-electron chi connectivity index (χ3n) is 4.73. The molecule has 4 rings (SSSR count). The van der Waals surface area contributed by atoms with Crippen molar-refractivity contribution >= 4 is 11.9 Å². The molecule has 0 bridgehead atoms. The lowest BCUT2D eigenvalue weighted by atomic mass is 10.1. The zero-order valence-corrected chi connectivity index (χ0v) is 13.9. The van der Waals surface area contributed by atoms with Crippen molar-refractivity contribution in [3.8, 4) is 11.4 Å². The molecule has 0 amide bonds. The molecule has 2 aromatic rings. The number of nitrogens with zero attached hydrogens (tertiary/aromatic N) is 2. The Morgan fingerprint density at radius 2 is 2.04 bits per heavy atom. The number of carbonyl (C=O) groups is 2. The molecule has 25 heavy (non-hydrogen) atoms. The van der Waals surface area contributed by atoms with Crippen molar-refractivity contribution < 1.29 is 19.1 Å². The first-order chi connectivity index (χ1) is 12.2. The van der Waals surface area contributed by atoms with E-state index in [-0.39, 0.29) is 0 Å². The zero-order chi connectivity index (χ0) is 17.2. The maximum absolute atomic E-state index is 12.7. The quantitative estimate of drug-likeness (QED) is 0.804. The molecule has 0 spiro atoms. The molecule has 1 aromatic heterocycles. The van der Waals surface area contributed by atoms with Crippen molar-refractivity contribution in [2.24, 2.45) is 0 Å². The van der Waals surface area contributed by atoms with Gasteiger partial charge >= 0.3 is 11.9 Å². The predicted octanol–water partition coefficient (Wildman–Crippen LogP) is 2.75. The molecule has 0 saturated carbocycles. The molecule has 3 heterocycles. The number of carbonyl (C=O) groups excluding carboxylic acids is 2. The number of imidazole rings is 1. The maximum atomic E-state index is 12.7. The number of esters is 2. The second kappa shape index (κ2) is 6.70. The average molecular weight is 340 g/mol. The van der Waals surface area contributed by atoms with Crippen LogP contribution in [0.5, 0.6) is 0 Å². The third kappa shape index (κ3) is 3.04. The van der Waals surface area contributed by atoms with E-state index in [2.05, 4.69) is 9.55 Å². The van der Waals surface area contributed by atoms with Crippen molar-refractivity contribution in [3.05, 3.63) is 41.7 Å². The summed E-state index contributed by atoms with van der Waals surface area (Å²) in [5, 5.41) is 0. The molecule has 6 heteroatoms. The van der Waals surface area contributed by atoms with Crippen molar-refractivity contribution in [2.45, 2.75) is 44.8 Å². The number of rotatable bonds is 3. The SMILES string of the molecule is O=C(O[C@@H]1CCOC1=O)c1nc(-c2ccccc2)n2c1CCCCC2. The topological polar surface area (TPSA) is 70.4 Å². The minimum atomic E-state index is -0.809. The fourth-order valence-electron chi connectivity index (χ4n) is 3.46. The van der Waals surface area contributed by atoms with Gasteiger partial charge in [0, 0.05) is 18.5 Å². The molecule has 1 atom stereocenters. The van der Waals surface area contributed by atoms with E-state index in [1.165, 1.54) is 0 Å². The fraction of sp³-hybridized carbons (Fsp3) is 0.421. The number of cyclic esters (lactones) is 1. The van der Waals surface area contributed by atoms with Crippen LogP contribution in [0.1, 0.15) is 41.9 Å². The summed E-state index contributed by atoms with van der Waals surface area (Å²) in [5.74, 6) is -0.211. The first-order valence-corrected chi connectivity index (χ1v) is 8.76. The van der Waals surface area contributed by atoms with Crippen molar-refractivity contribution in [1.82, 2.24) is 9.55 Å². The van der Waals surface area contributed by atoms with Crippen LogP contribution < -0.4 is 0 Å². The molecule has 2 aliphatic heterocycles. The maximum Gasteiger partial charge on any atom is 0.359 e. The molecule has 0 aliphatic carbocycles. The monoisotopic (exact) mass is 340 g/mol. The highest BCUT2D eigenvalue weighted by molar-refractivity contribution is 5.92. The molecular formula is C19H20N2O4. The largest absolute Gasteiger partial charge is 0.463 e. The summed E-state index contributed by atoms with van der Waals surface area (Å²) in [4.78, 5) is 28.9. The van der Waals surface area contributed by atoms with E-state index in [1.807, 2.05) is 30.3 Å². The Labute approximate surface area is 145 Å². The number of hydrogen-bond acceptors (Lipinski definition) is 5. The van der Waals surface area contributed by atoms with Crippen LogP contribution in [-0.4, -0.2) is 34.2 Å². The fourth-order valence-corrected chi connectivity index (χ4v) is 3.46. The average Bonchev–Trinajstić information content (AvgIpc) is 3.11. The minimum absolute atomic E-state index is 0.299. The number of benzene rings is 1. The predicted molar refractivity (Wildman–Crippen MR) is 90.0 cm³/mol. The summed E-state index contributed by atoms with van der Waals surface area (Å²) in [6.45, 7) is 1.14. The van der Waals surface area contributed by atoms with Crippen LogP contribution in [0.2, 0.25) is 0 Å². The van der Waals surface area contributed by atoms with Gasteiger partial charge in [0.1, 0.15) is 5.82 Å². The molecule has 1 fully saturated rings. The van der Waals surface area contributed by atoms with Crippen LogP contribution in [0.3, 0.4) is 0 Å². The summed E-state index contributed by atoms with van der Waals surface area (Å²) in [6, 6.07) is 9.85. The smallest absolute Gasteiger partial charge is 0.359 e. The first-order valence-electron chi connectivity index (χ1n) is 8.76. The minimum Gasteiger partial charge on any atom is -0.463 e. The molecule has 1 saturated heterocycles. The van der Waals surface area contributed by atoms with E-state index in [0.29, 0.717) is 18.7 Å². The summed E-state index contributed by atoms with van der Waals surface area (Å²) < 4.78 is 12.4. The molecule has 0 radical (unpaired) electrons. The molecule has 1 aromatic carbocycles. The lowest BCUT2D eigenvalue weighted by molar-refractivity contribution is -0.145. The van der Waals surface area contributed by atoms with Gasteiger partial charge in [0.05, 0.1) is 12.3 Å². The van der Waals surface area contributed by atoms with E-state index in [4.69, 9.17) is 9.47 Å². The zero-order valence-electron chi connectivity index (χ0n) is 13.9. The van der Waals surface area contributed by atoms with Crippen LogP contribution >= 0.6 is 0 Å². The Morgan fingerprint density at radius 3 is 2.80 bits per heavy atom. The van der Waals surface area contributed by atoms with Crippen LogP contribution in [0.15, 0.2) is 30.3 Å². The highest BCUT2D eigenvalue weighted by Crippen LogP contribution is 2.28. The van der Waals surface area contributed by atoms with Crippen LogP contribution in [0.4, 0.5) is 0 Å². The van der Waals surface area contributed by atoms with Gasteiger partial charge < -0.3 is 14.0 Å². The summed E-state index contributed by atoms with van der Waals surface area (Å²) in [6.07, 6.45) is 3.60. The Balaban J connectivity index is 1.71. The highest BCUT2D eigenvalue weighted by atomic mass is 16.6. The number of hydrogen-bond donors (Lipinski definition) is 0. The molecule has 0 N–H and O–H groups in total. The molecular weight excluding hydrogens is 320 g/mol. The van der Waals surface area contributed by atoms with Gasteiger partial charge in [0.2, 0.25) is 6.10 Å². The van der Waals surface area contributed by atoms with Crippen molar-refractivity contribution in [3.63, 3.8) is 0 Å². The Bertz CT molecular complexity index is 797. The van der Waals surface area contributed by atoms with E-state index >= 15 is 0 Å². The van der Waals surface area contributed by atoms with E-state index in [9.17, 15) is 9.59 Å². The normalized spacial score (nSPS) is 19.8. The van der Waals surface area contributed by atoms with E-state index < -0.39 is 18.0 Å². The van der Waals surface area contributed by atoms with Crippen LogP contribution in [0, 0.1) is 0 Å².